The van der Waals surface area contributed by atoms with Crippen molar-refractivity contribution in [1.29, 1.82) is 0 Å². The first-order valence-electron chi connectivity index (χ1n) is 6.07. The Balaban J connectivity index is 1.82. The molecule has 1 N–H and O–H groups in total. The van der Waals surface area contributed by atoms with Crippen LogP contribution in [0, 0.1) is 5.92 Å². The van der Waals surface area contributed by atoms with Crippen molar-refractivity contribution in [1.82, 2.24) is 15.1 Å². The summed E-state index contributed by atoms with van der Waals surface area (Å²) in [5.41, 5.74) is 0.621. The highest BCUT2D eigenvalue weighted by Crippen LogP contribution is 2.28. The van der Waals surface area contributed by atoms with E-state index in [1.165, 1.54) is 19.3 Å². The molecule has 0 aromatic carbocycles. The predicted octanol–water partition coefficient (Wildman–Crippen LogP) is 2.10. The van der Waals surface area contributed by atoms with E-state index in [9.17, 15) is 4.79 Å². The number of hydrogen-bond acceptors (Lipinski definition) is 2. The molecule has 0 saturated heterocycles. The first-order chi connectivity index (χ1) is 8.16. The Labute approximate surface area is 110 Å². The summed E-state index contributed by atoms with van der Waals surface area (Å²) < 4.78 is 1.60. The highest BCUT2D eigenvalue weighted by atomic mass is 79.9. The maximum absolute atomic E-state index is 11.9. The molecule has 1 heterocycles. The van der Waals surface area contributed by atoms with E-state index >= 15 is 0 Å². The van der Waals surface area contributed by atoms with Crippen LogP contribution in [-0.2, 0) is 7.05 Å². The second-order valence-electron chi connectivity index (χ2n) is 4.68. The number of aryl methyl sites for hydroxylation is 1. The maximum atomic E-state index is 11.9. The van der Waals surface area contributed by atoms with Crippen molar-refractivity contribution in [3.8, 4) is 0 Å². The first-order valence-corrected chi connectivity index (χ1v) is 6.98. The van der Waals surface area contributed by atoms with Gasteiger partial charge in [0.05, 0.1) is 0 Å². The second-order valence-corrected chi connectivity index (χ2v) is 5.97. The van der Waals surface area contributed by atoms with E-state index in [0.29, 0.717) is 16.4 Å². The number of aromatic nitrogens is 2. The highest BCUT2D eigenvalue weighted by molar-refractivity contribution is 9.09. The van der Waals surface area contributed by atoms with Crippen molar-refractivity contribution in [3.63, 3.8) is 0 Å². The third kappa shape index (κ3) is 3.31. The standard InChI is InChI=1S/C12H18BrN3O/c1-16-11(5-6-15-16)12(17)14-8-9-3-2-4-10(13)7-9/h5-6,9-10H,2-4,7-8H2,1H3,(H,14,17). The molecule has 94 valence electrons. The fourth-order valence-electron chi connectivity index (χ4n) is 2.34. The molecule has 1 amide bonds. The second kappa shape index (κ2) is 5.67. The van der Waals surface area contributed by atoms with Crippen LogP contribution >= 0.6 is 15.9 Å². The van der Waals surface area contributed by atoms with Crippen molar-refractivity contribution in [2.75, 3.05) is 6.54 Å². The molecule has 0 aliphatic heterocycles. The van der Waals surface area contributed by atoms with Gasteiger partial charge < -0.3 is 5.32 Å². The highest BCUT2D eigenvalue weighted by Gasteiger charge is 2.20. The van der Waals surface area contributed by atoms with Crippen LogP contribution in [0.1, 0.15) is 36.2 Å². The van der Waals surface area contributed by atoms with E-state index in [2.05, 4.69) is 26.3 Å². The van der Waals surface area contributed by atoms with Crippen LogP contribution < -0.4 is 5.32 Å². The number of nitrogens with zero attached hydrogens (tertiary/aromatic N) is 2. The number of halogens is 1. The fraction of sp³-hybridized carbons (Fsp3) is 0.667. The number of hydrogen-bond donors (Lipinski definition) is 1. The van der Waals surface area contributed by atoms with Gasteiger partial charge in [0.1, 0.15) is 5.69 Å². The lowest BCUT2D eigenvalue weighted by Crippen LogP contribution is -2.32. The molecule has 1 aromatic heterocycles. The first kappa shape index (κ1) is 12.6. The summed E-state index contributed by atoms with van der Waals surface area (Å²) in [5, 5.41) is 6.99. The molecule has 2 rings (SSSR count). The van der Waals surface area contributed by atoms with E-state index in [4.69, 9.17) is 0 Å². The minimum Gasteiger partial charge on any atom is -0.350 e. The van der Waals surface area contributed by atoms with Crippen LogP contribution in [0.4, 0.5) is 0 Å². The largest absolute Gasteiger partial charge is 0.350 e. The van der Waals surface area contributed by atoms with Crippen LogP contribution in [-0.4, -0.2) is 27.1 Å². The van der Waals surface area contributed by atoms with Crippen molar-refractivity contribution in [3.05, 3.63) is 18.0 Å². The number of nitrogens with one attached hydrogen (secondary N) is 1. The lowest BCUT2D eigenvalue weighted by Gasteiger charge is -2.25. The molecular formula is C12H18BrN3O. The van der Waals surface area contributed by atoms with Crippen LogP contribution in [0.2, 0.25) is 0 Å². The predicted molar refractivity (Wildman–Crippen MR) is 70.2 cm³/mol. The number of carbonyl (C=O) groups excluding carboxylic acids is 1. The third-order valence-electron chi connectivity index (χ3n) is 3.32. The fourth-order valence-corrected chi connectivity index (χ4v) is 3.19. The van der Waals surface area contributed by atoms with E-state index in [0.717, 1.165) is 13.0 Å². The Morgan fingerprint density at radius 1 is 1.65 bits per heavy atom. The summed E-state index contributed by atoms with van der Waals surface area (Å²) >= 11 is 3.66. The summed E-state index contributed by atoms with van der Waals surface area (Å²) in [6.07, 6.45) is 6.53. The Hall–Kier alpha value is -0.840. The van der Waals surface area contributed by atoms with E-state index in [1.54, 1.807) is 24.0 Å². The summed E-state index contributed by atoms with van der Waals surface area (Å²) in [4.78, 5) is 12.5. The van der Waals surface area contributed by atoms with Crippen LogP contribution in [0.15, 0.2) is 12.3 Å². The molecule has 2 atom stereocenters. The molecule has 1 aliphatic rings. The van der Waals surface area contributed by atoms with Crippen molar-refractivity contribution in [2.24, 2.45) is 13.0 Å². The van der Waals surface area contributed by atoms with E-state index < -0.39 is 0 Å². The third-order valence-corrected chi connectivity index (χ3v) is 4.16. The molecular weight excluding hydrogens is 282 g/mol. The van der Waals surface area contributed by atoms with Crippen LogP contribution in [0.5, 0.6) is 0 Å². The number of alkyl halides is 1. The van der Waals surface area contributed by atoms with Crippen LogP contribution in [0.3, 0.4) is 0 Å². The van der Waals surface area contributed by atoms with Gasteiger partial charge in [-0.2, -0.15) is 5.10 Å². The minimum atomic E-state index is -0.0262. The molecule has 1 fully saturated rings. The quantitative estimate of drug-likeness (QED) is 0.869. The lowest BCUT2D eigenvalue weighted by atomic mass is 9.89. The van der Waals surface area contributed by atoms with Gasteiger partial charge in [-0.3, -0.25) is 9.48 Å². The van der Waals surface area contributed by atoms with Gasteiger partial charge in [0.25, 0.3) is 5.91 Å². The Bertz CT molecular complexity index is 391. The van der Waals surface area contributed by atoms with Crippen molar-refractivity contribution < 1.29 is 4.79 Å². The molecule has 2 unspecified atom stereocenters. The Kier molecular flexibility index (Phi) is 4.20. The normalized spacial score (nSPS) is 24.6. The van der Waals surface area contributed by atoms with Gasteiger partial charge in [-0.05, 0) is 31.2 Å². The SMILES string of the molecule is Cn1nccc1C(=O)NCC1CCCC(Br)C1. The Morgan fingerprint density at radius 3 is 3.12 bits per heavy atom. The lowest BCUT2D eigenvalue weighted by molar-refractivity contribution is 0.0934. The van der Waals surface area contributed by atoms with Crippen molar-refractivity contribution >= 4 is 21.8 Å². The average Bonchev–Trinajstić information content (AvgIpc) is 2.72. The molecule has 4 nitrogen and oxygen atoms in total. The Morgan fingerprint density at radius 2 is 2.47 bits per heavy atom. The molecule has 5 heteroatoms. The molecule has 0 spiro atoms. The molecule has 1 saturated carbocycles. The monoisotopic (exact) mass is 299 g/mol. The summed E-state index contributed by atoms with van der Waals surface area (Å²) in [6, 6.07) is 1.74. The zero-order valence-electron chi connectivity index (χ0n) is 10.0. The molecule has 17 heavy (non-hydrogen) atoms. The summed E-state index contributed by atoms with van der Waals surface area (Å²) in [6.45, 7) is 0.770. The number of carbonyl (C=O) groups is 1. The number of rotatable bonds is 3. The zero-order valence-corrected chi connectivity index (χ0v) is 11.6. The van der Waals surface area contributed by atoms with Gasteiger partial charge in [0, 0.05) is 24.6 Å². The van der Waals surface area contributed by atoms with Gasteiger partial charge in [-0.1, -0.05) is 22.4 Å². The maximum Gasteiger partial charge on any atom is 0.269 e. The van der Waals surface area contributed by atoms with Gasteiger partial charge in [-0.25, -0.2) is 0 Å². The average molecular weight is 300 g/mol. The van der Waals surface area contributed by atoms with Gasteiger partial charge in [0.2, 0.25) is 0 Å². The number of amides is 1. The summed E-state index contributed by atoms with van der Waals surface area (Å²) in [7, 11) is 1.78. The van der Waals surface area contributed by atoms with Crippen LogP contribution in [0.25, 0.3) is 0 Å². The minimum absolute atomic E-state index is 0.0262. The molecule has 0 bridgehead atoms. The van der Waals surface area contributed by atoms with Gasteiger partial charge in [-0.15, -0.1) is 0 Å². The molecule has 1 aromatic rings. The zero-order chi connectivity index (χ0) is 12.3. The van der Waals surface area contributed by atoms with E-state index in [-0.39, 0.29) is 5.91 Å². The smallest absolute Gasteiger partial charge is 0.269 e. The summed E-state index contributed by atoms with van der Waals surface area (Å²) in [5.74, 6) is 0.576. The molecule has 0 radical (unpaired) electrons. The topological polar surface area (TPSA) is 46.9 Å². The van der Waals surface area contributed by atoms with Gasteiger partial charge in [0.15, 0.2) is 0 Å². The van der Waals surface area contributed by atoms with E-state index in [1.807, 2.05) is 0 Å². The van der Waals surface area contributed by atoms with Crippen molar-refractivity contribution in [2.45, 2.75) is 30.5 Å². The molecule has 1 aliphatic carbocycles. The van der Waals surface area contributed by atoms with Gasteiger partial charge >= 0.3 is 0 Å².